The molecule has 7 heteroatoms. The molecule has 2 rings (SSSR count). The molecule has 0 bridgehead atoms. The van der Waals surface area contributed by atoms with Crippen LogP contribution in [0.2, 0.25) is 5.02 Å². The third-order valence-corrected chi connectivity index (χ3v) is 3.02. The lowest BCUT2D eigenvalue weighted by Crippen LogP contribution is -2.42. The SMILES string of the molecule is Cc1cc(Cl)cc(C(=O)n2cc(F)c(=N)n(C)c2=O)c1. The van der Waals surface area contributed by atoms with Crippen molar-refractivity contribution in [3.63, 3.8) is 0 Å². The van der Waals surface area contributed by atoms with E-state index in [-0.39, 0.29) is 5.56 Å². The number of halogens is 2. The molecule has 0 amide bonds. The molecule has 0 fully saturated rings. The first-order valence-corrected chi connectivity index (χ1v) is 6.03. The zero-order valence-corrected chi connectivity index (χ0v) is 11.5. The minimum absolute atomic E-state index is 0.175. The van der Waals surface area contributed by atoms with E-state index in [0.717, 1.165) is 10.1 Å². The highest BCUT2D eigenvalue weighted by atomic mass is 35.5. The van der Waals surface area contributed by atoms with Gasteiger partial charge in [-0.25, -0.2) is 13.8 Å². The lowest BCUT2D eigenvalue weighted by Gasteiger charge is -2.08. The van der Waals surface area contributed by atoms with Crippen molar-refractivity contribution in [3.8, 4) is 0 Å². The van der Waals surface area contributed by atoms with E-state index >= 15 is 0 Å². The van der Waals surface area contributed by atoms with Crippen molar-refractivity contribution in [1.29, 1.82) is 5.41 Å². The fraction of sp³-hybridized carbons (Fsp3) is 0.154. The summed E-state index contributed by atoms with van der Waals surface area (Å²) in [5, 5.41) is 7.69. The summed E-state index contributed by atoms with van der Waals surface area (Å²) in [6.45, 7) is 1.75. The molecule has 0 unspecified atom stereocenters. The first kappa shape index (κ1) is 14.2. The molecule has 0 saturated carbocycles. The zero-order valence-electron chi connectivity index (χ0n) is 10.8. The Bertz CT molecular complexity index is 803. The Morgan fingerprint density at radius 1 is 1.35 bits per heavy atom. The quantitative estimate of drug-likeness (QED) is 0.865. The van der Waals surface area contributed by atoms with Gasteiger partial charge < -0.3 is 0 Å². The molecular weight excluding hydrogens is 285 g/mol. The van der Waals surface area contributed by atoms with Crippen LogP contribution in [0.5, 0.6) is 0 Å². The molecule has 0 atom stereocenters. The molecule has 1 aromatic heterocycles. The van der Waals surface area contributed by atoms with Gasteiger partial charge in [0, 0.05) is 17.6 Å². The van der Waals surface area contributed by atoms with Crippen molar-refractivity contribution >= 4 is 17.5 Å². The van der Waals surface area contributed by atoms with E-state index in [4.69, 9.17) is 17.0 Å². The monoisotopic (exact) mass is 295 g/mol. The Morgan fingerprint density at radius 2 is 2.00 bits per heavy atom. The maximum Gasteiger partial charge on any atom is 0.336 e. The fourth-order valence-electron chi connectivity index (χ4n) is 1.79. The summed E-state index contributed by atoms with van der Waals surface area (Å²) < 4.78 is 14.9. The molecular formula is C13H11ClFN3O2. The van der Waals surface area contributed by atoms with Crippen molar-refractivity contribution in [2.75, 3.05) is 0 Å². The summed E-state index contributed by atoms with van der Waals surface area (Å²) in [4.78, 5) is 24.2. The molecule has 2 aromatic rings. The molecule has 0 aliphatic carbocycles. The van der Waals surface area contributed by atoms with Crippen LogP contribution < -0.4 is 11.2 Å². The number of rotatable bonds is 1. The number of aromatic nitrogens is 2. The number of aryl methyl sites for hydroxylation is 1. The van der Waals surface area contributed by atoms with Gasteiger partial charge in [-0.05, 0) is 30.7 Å². The van der Waals surface area contributed by atoms with Gasteiger partial charge in [0.1, 0.15) is 0 Å². The van der Waals surface area contributed by atoms with Crippen molar-refractivity contribution < 1.29 is 9.18 Å². The highest BCUT2D eigenvalue weighted by Crippen LogP contribution is 2.15. The Kier molecular flexibility index (Phi) is 3.59. The molecule has 0 aliphatic heterocycles. The topological polar surface area (TPSA) is 67.8 Å². The van der Waals surface area contributed by atoms with Crippen LogP contribution in [0.15, 0.2) is 29.2 Å². The van der Waals surface area contributed by atoms with Crippen molar-refractivity contribution in [3.05, 3.63) is 62.3 Å². The summed E-state index contributed by atoms with van der Waals surface area (Å²) >= 11 is 5.86. The average molecular weight is 296 g/mol. The van der Waals surface area contributed by atoms with Gasteiger partial charge in [0.05, 0.1) is 6.20 Å². The first-order valence-electron chi connectivity index (χ1n) is 5.66. The third kappa shape index (κ3) is 2.42. The Morgan fingerprint density at radius 3 is 2.60 bits per heavy atom. The van der Waals surface area contributed by atoms with Crippen LogP contribution in [0.1, 0.15) is 15.9 Å². The number of hydrogen-bond acceptors (Lipinski definition) is 3. The lowest BCUT2D eigenvalue weighted by atomic mass is 10.1. The third-order valence-electron chi connectivity index (χ3n) is 2.80. The minimum Gasteiger partial charge on any atom is -0.282 e. The molecule has 1 aromatic carbocycles. The van der Waals surface area contributed by atoms with Crippen molar-refractivity contribution in [1.82, 2.24) is 9.13 Å². The predicted octanol–water partition coefficient (Wildman–Crippen LogP) is 1.46. The lowest BCUT2D eigenvalue weighted by molar-refractivity contribution is 0.0950. The van der Waals surface area contributed by atoms with Crippen molar-refractivity contribution in [2.24, 2.45) is 7.05 Å². The number of benzene rings is 1. The smallest absolute Gasteiger partial charge is 0.282 e. The second-order valence-electron chi connectivity index (χ2n) is 4.36. The highest BCUT2D eigenvalue weighted by molar-refractivity contribution is 6.31. The van der Waals surface area contributed by atoms with Gasteiger partial charge in [-0.3, -0.25) is 14.8 Å². The van der Waals surface area contributed by atoms with Gasteiger partial charge in [0.15, 0.2) is 11.3 Å². The standard InChI is InChI=1S/C13H11ClFN3O2/c1-7-3-8(5-9(14)4-7)12(19)18-6-10(15)11(16)17(2)13(18)20/h3-6,16H,1-2H3. The van der Waals surface area contributed by atoms with E-state index in [0.29, 0.717) is 15.8 Å². The molecule has 0 saturated heterocycles. The summed E-state index contributed by atoms with van der Waals surface area (Å²) in [5.41, 5.74) is -0.453. The van der Waals surface area contributed by atoms with Crippen molar-refractivity contribution in [2.45, 2.75) is 6.92 Å². The zero-order chi connectivity index (χ0) is 15.0. The second-order valence-corrected chi connectivity index (χ2v) is 4.80. The summed E-state index contributed by atoms with van der Waals surface area (Å²) in [5.74, 6) is -1.66. The predicted molar refractivity (Wildman–Crippen MR) is 71.4 cm³/mol. The normalized spacial score (nSPS) is 10.6. The molecule has 0 aliphatic rings. The van der Waals surface area contributed by atoms with Crippen LogP contribution in [0.25, 0.3) is 0 Å². The van der Waals surface area contributed by atoms with Gasteiger partial charge in [-0.2, -0.15) is 0 Å². The molecule has 20 heavy (non-hydrogen) atoms. The molecule has 1 heterocycles. The van der Waals surface area contributed by atoms with E-state index in [1.807, 2.05) is 0 Å². The van der Waals surface area contributed by atoms with Crippen LogP contribution in [0.3, 0.4) is 0 Å². The van der Waals surface area contributed by atoms with Crippen LogP contribution >= 0.6 is 11.6 Å². The van der Waals surface area contributed by atoms with Gasteiger partial charge in [-0.15, -0.1) is 0 Å². The summed E-state index contributed by atoms with van der Waals surface area (Å²) in [7, 11) is 1.22. The maximum absolute atomic E-state index is 13.5. The van der Waals surface area contributed by atoms with E-state index in [1.54, 1.807) is 19.1 Å². The van der Waals surface area contributed by atoms with Crippen LogP contribution in [-0.2, 0) is 7.05 Å². The largest absolute Gasteiger partial charge is 0.336 e. The molecule has 104 valence electrons. The maximum atomic E-state index is 13.5. The highest BCUT2D eigenvalue weighted by Gasteiger charge is 2.15. The van der Waals surface area contributed by atoms with Crippen LogP contribution in [-0.4, -0.2) is 15.0 Å². The number of nitrogens with one attached hydrogen (secondary N) is 1. The van der Waals surface area contributed by atoms with E-state index in [1.165, 1.54) is 13.1 Å². The second kappa shape index (κ2) is 5.05. The van der Waals surface area contributed by atoms with E-state index < -0.39 is 22.9 Å². The van der Waals surface area contributed by atoms with Gasteiger partial charge >= 0.3 is 5.69 Å². The van der Waals surface area contributed by atoms with Gasteiger partial charge in [-0.1, -0.05) is 11.6 Å². The average Bonchev–Trinajstić information content (AvgIpc) is 2.38. The number of carbonyl (C=O) groups excluding carboxylic acids is 1. The number of hydrogen-bond donors (Lipinski definition) is 1. The van der Waals surface area contributed by atoms with Gasteiger partial charge in [0.2, 0.25) is 0 Å². The van der Waals surface area contributed by atoms with E-state index in [2.05, 4.69) is 0 Å². The first-order chi connectivity index (χ1) is 9.31. The van der Waals surface area contributed by atoms with Gasteiger partial charge in [0.25, 0.3) is 5.91 Å². The van der Waals surface area contributed by atoms with Crippen LogP contribution in [0, 0.1) is 18.2 Å². The summed E-state index contributed by atoms with van der Waals surface area (Å²) in [6.07, 6.45) is 0.712. The Balaban J connectivity index is 2.66. The Labute approximate surface area is 118 Å². The number of carbonyl (C=O) groups is 1. The molecule has 1 N–H and O–H groups in total. The minimum atomic E-state index is -0.959. The van der Waals surface area contributed by atoms with Crippen LogP contribution in [0.4, 0.5) is 4.39 Å². The molecule has 0 spiro atoms. The Hall–Kier alpha value is -2.21. The fourth-order valence-corrected chi connectivity index (χ4v) is 2.08. The summed E-state index contributed by atoms with van der Waals surface area (Å²) in [6, 6.07) is 4.61. The molecule has 5 nitrogen and oxygen atoms in total. The molecule has 0 radical (unpaired) electrons. The van der Waals surface area contributed by atoms with E-state index in [9.17, 15) is 14.0 Å². The number of nitrogens with zero attached hydrogens (tertiary/aromatic N) is 2.